The maximum Gasteiger partial charge on any atom is 0.310 e. The Morgan fingerprint density at radius 1 is 1.50 bits per heavy atom. The van der Waals surface area contributed by atoms with Gasteiger partial charge in [0.15, 0.2) is 0 Å². The van der Waals surface area contributed by atoms with Gasteiger partial charge < -0.3 is 5.32 Å². The van der Waals surface area contributed by atoms with Crippen LogP contribution in [-0.4, -0.2) is 11.5 Å². The highest BCUT2D eigenvalue weighted by molar-refractivity contribution is 6.33. The Morgan fingerprint density at radius 3 is 2.78 bits per heavy atom. The first-order valence-electron chi connectivity index (χ1n) is 6.25. The number of nitro groups is 1. The van der Waals surface area contributed by atoms with Crippen LogP contribution < -0.4 is 5.32 Å². The summed E-state index contributed by atoms with van der Waals surface area (Å²) in [6, 6.07) is 4.99. The molecular weight excluding hydrogens is 252 g/mol. The van der Waals surface area contributed by atoms with Gasteiger partial charge in [-0.25, -0.2) is 0 Å². The zero-order chi connectivity index (χ0) is 13.2. The van der Waals surface area contributed by atoms with Crippen LogP contribution in [0.2, 0.25) is 5.02 Å². The van der Waals surface area contributed by atoms with Crippen molar-refractivity contribution in [3.8, 4) is 0 Å². The van der Waals surface area contributed by atoms with Crippen molar-refractivity contribution < 1.29 is 4.92 Å². The first-order valence-corrected chi connectivity index (χ1v) is 6.62. The summed E-state index contributed by atoms with van der Waals surface area (Å²) in [5, 5.41) is 14.4. The summed E-state index contributed by atoms with van der Waals surface area (Å²) in [6.45, 7) is 2.96. The second-order valence-corrected chi connectivity index (χ2v) is 5.40. The fourth-order valence-corrected chi connectivity index (χ4v) is 2.59. The number of halogens is 1. The Hall–Kier alpha value is -1.29. The number of hydrogen-bond acceptors (Lipinski definition) is 3. The second-order valence-electron chi connectivity index (χ2n) is 5.00. The molecule has 18 heavy (non-hydrogen) atoms. The predicted octanol–water partition coefficient (Wildman–Crippen LogP) is 4.24. The maximum atomic E-state index is 11.0. The Kier molecular flexibility index (Phi) is 3.76. The van der Waals surface area contributed by atoms with E-state index in [1.54, 1.807) is 18.2 Å². The Bertz CT molecular complexity index is 458. The van der Waals surface area contributed by atoms with Crippen molar-refractivity contribution in [2.75, 3.05) is 11.9 Å². The standard InChI is InChI=1S/C13H17ClN2O2/c1-2-6-13(7-8-13)9-15-11-5-3-4-10(14)12(11)16(17)18/h3-5,15H,2,6-9H2,1H3. The SMILES string of the molecule is CCCC1(CNc2cccc(Cl)c2[N+](=O)[O-])CC1. The van der Waals surface area contributed by atoms with Gasteiger partial charge in [0, 0.05) is 6.54 Å². The first kappa shape index (κ1) is 13.1. The van der Waals surface area contributed by atoms with Gasteiger partial charge in [-0.15, -0.1) is 0 Å². The van der Waals surface area contributed by atoms with Gasteiger partial charge in [0.1, 0.15) is 10.7 Å². The molecule has 1 aliphatic carbocycles. The molecule has 0 unspecified atom stereocenters. The van der Waals surface area contributed by atoms with E-state index < -0.39 is 4.92 Å². The molecule has 0 bridgehead atoms. The summed E-state index contributed by atoms with van der Waals surface area (Å²) in [6.07, 6.45) is 4.75. The summed E-state index contributed by atoms with van der Waals surface area (Å²) < 4.78 is 0. The highest BCUT2D eigenvalue weighted by Gasteiger charge is 2.41. The normalized spacial score (nSPS) is 16.3. The third kappa shape index (κ3) is 2.75. The van der Waals surface area contributed by atoms with Crippen molar-refractivity contribution in [2.45, 2.75) is 32.6 Å². The molecule has 1 N–H and O–H groups in total. The minimum atomic E-state index is -0.427. The van der Waals surface area contributed by atoms with Crippen molar-refractivity contribution >= 4 is 23.0 Å². The Balaban J connectivity index is 2.10. The van der Waals surface area contributed by atoms with Crippen LogP contribution in [0.15, 0.2) is 18.2 Å². The van der Waals surface area contributed by atoms with Gasteiger partial charge in [0.25, 0.3) is 0 Å². The van der Waals surface area contributed by atoms with Crippen molar-refractivity contribution in [3.05, 3.63) is 33.3 Å². The molecule has 1 aromatic rings. The molecular formula is C13H17ClN2O2. The van der Waals surface area contributed by atoms with Crippen LogP contribution in [0.5, 0.6) is 0 Å². The zero-order valence-corrected chi connectivity index (χ0v) is 11.2. The average molecular weight is 269 g/mol. The summed E-state index contributed by atoms with van der Waals surface area (Å²) in [5.74, 6) is 0. The van der Waals surface area contributed by atoms with Crippen molar-refractivity contribution in [2.24, 2.45) is 5.41 Å². The van der Waals surface area contributed by atoms with E-state index in [1.807, 2.05) is 0 Å². The summed E-state index contributed by atoms with van der Waals surface area (Å²) in [4.78, 5) is 10.6. The fraction of sp³-hybridized carbons (Fsp3) is 0.538. The summed E-state index contributed by atoms with van der Waals surface area (Å²) in [7, 11) is 0. The Labute approximate surface area is 111 Å². The minimum Gasteiger partial charge on any atom is -0.379 e. The molecule has 0 aromatic heterocycles. The molecule has 0 aliphatic heterocycles. The van der Waals surface area contributed by atoms with Crippen molar-refractivity contribution in [3.63, 3.8) is 0 Å². The molecule has 0 radical (unpaired) electrons. The van der Waals surface area contributed by atoms with Crippen LogP contribution in [0.3, 0.4) is 0 Å². The van der Waals surface area contributed by atoms with Gasteiger partial charge in [0.2, 0.25) is 0 Å². The lowest BCUT2D eigenvalue weighted by molar-refractivity contribution is -0.383. The number of nitro benzene ring substituents is 1. The topological polar surface area (TPSA) is 55.2 Å². The summed E-state index contributed by atoms with van der Waals surface area (Å²) in [5.41, 5.74) is 0.853. The first-order chi connectivity index (χ1) is 8.58. The third-order valence-electron chi connectivity index (χ3n) is 3.56. The van der Waals surface area contributed by atoms with Crippen LogP contribution in [-0.2, 0) is 0 Å². The molecule has 2 rings (SSSR count). The fourth-order valence-electron chi connectivity index (χ4n) is 2.35. The largest absolute Gasteiger partial charge is 0.379 e. The lowest BCUT2D eigenvalue weighted by Gasteiger charge is -2.16. The number of anilines is 1. The third-order valence-corrected chi connectivity index (χ3v) is 3.87. The van der Waals surface area contributed by atoms with E-state index >= 15 is 0 Å². The van der Waals surface area contributed by atoms with Crippen molar-refractivity contribution in [1.29, 1.82) is 0 Å². The maximum absolute atomic E-state index is 11.0. The molecule has 0 heterocycles. The molecule has 1 fully saturated rings. The minimum absolute atomic E-state index is 0.0218. The second kappa shape index (κ2) is 5.14. The smallest absolute Gasteiger partial charge is 0.310 e. The van der Waals surface area contributed by atoms with Gasteiger partial charge in [0.05, 0.1) is 4.92 Å². The Morgan fingerprint density at radius 2 is 2.22 bits per heavy atom. The van der Waals surface area contributed by atoms with E-state index in [-0.39, 0.29) is 10.7 Å². The monoisotopic (exact) mass is 268 g/mol. The number of rotatable bonds is 6. The molecule has 1 aromatic carbocycles. The number of hydrogen-bond donors (Lipinski definition) is 1. The molecule has 1 saturated carbocycles. The number of nitrogens with one attached hydrogen (secondary N) is 1. The van der Waals surface area contributed by atoms with E-state index in [9.17, 15) is 10.1 Å². The quantitative estimate of drug-likeness (QED) is 0.620. The van der Waals surface area contributed by atoms with E-state index in [4.69, 9.17) is 11.6 Å². The molecule has 98 valence electrons. The van der Waals surface area contributed by atoms with E-state index in [2.05, 4.69) is 12.2 Å². The lowest BCUT2D eigenvalue weighted by Crippen LogP contribution is -2.16. The number of benzene rings is 1. The van der Waals surface area contributed by atoms with Gasteiger partial charge in [-0.05, 0) is 36.8 Å². The van der Waals surface area contributed by atoms with Crippen molar-refractivity contribution in [1.82, 2.24) is 0 Å². The average Bonchev–Trinajstić information content (AvgIpc) is 3.07. The van der Waals surface area contributed by atoms with E-state index in [0.29, 0.717) is 11.1 Å². The number of nitrogens with zero attached hydrogens (tertiary/aromatic N) is 1. The van der Waals surface area contributed by atoms with Crippen LogP contribution in [0.1, 0.15) is 32.6 Å². The van der Waals surface area contributed by atoms with Crippen LogP contribution in [0.4, 0.5) is 11.4 Å². The van der Waals surface area contributed by atoms with Gasteiger partial charge >= 0.3 is 5.69 Å². The molecule has 0 spiro atoms. The summed E-state index contributed by atoms with van der Waals surface area (Å²) >= 11 is 5.87. The zero-order valence-electron chi connectivity index (χ0n) is 10.4. The highest BCUT2D eigenvalue weighted by atomic mass is 35.5. The van der Waals surface area contributed by atoms with Gasteiger partial charge in [-0.2, -0.15) is 0 Å². The van der Waals surface area contributed by atoms with Gasteiger partial charge in [-0.3, -0.25) is 10.1 Å². The van der Waals surface area contributed by atoms with Crippen LogP contribution in [0, 0.1) is 15.5 Å². The predicted molar refractivity (Wildman–Crippen MR) is 73.2 cm³/mol. The lowest BCUT2D eigenvalue weighted by atomic mass is 10.0. The van der Waals surface area contributed by atoms with Crippen LogP contribution >= 0.6 is 11.6 Å². The van der Waals surface area contributed by atoms with Crippen LogP contribution in [0.25, 0.3) is 0 Å². The molecule has 0 atom stereocenters. The molecule has 5 heteroatoms. The highest BCUT2D eigenvalue weighted by Crippen LogP contribution is 2.49. The van der Waals surface area contributed by atoms with E-state index in [0.717, 1.165) is 13.0 Å². The van der Waals surface area contributed by atoms with E-state index in [1.165, 1.54) is 19.3 Å². The molecule has 0 saturated heterocycles. The molecule has 1 aliphatic rings. The number of para-hydroxylation sites is 1. The molecule has 4 nitrogen and oxygen atoms in total. The molecule has 0 amide bonds. The van der Waals surface area contributed by atoms with Gasteiger partial charge in [-0.1, -0.05) is 31.0 Å².